The molecule has 21 heavy (non-hydrogen) atoms. The third-order valence-electron chi connectivity index (χ3n) is 3.04. The Labute approximate surface area is 123 Å². The zero-order chi connectivity index (χ0) is 15.2. The van der Waals surface area contributed by atoms with Crippen LogP contribution in [0.25, 0.3) is 11.5 Å². The van der Waals surface area contributed by atoms with Crippen LogP contribution in [0.5, 0.6) is 0 Å². The summed E-state index contributed by atoms with van der Waals surface area (Å²) in [5.41, 5.74) is 1.29. The Morgan fingerprint density at radius 1 is 1.33 bits per heavy atom. The molecule has 0 fully saturated rings. The minimum absolute atomic E-state index is 0.210. The summed E-state index contributed by atoms with van der Waals surface area (Å²) >= 11 is 0. The second-order valence-electron chi connectivity index (χ2n) is 4.86. The van der Waals surface area contributed by atoms with E-state index in [4.69, 9.17) is 4.42 Å². The summed E-state index contributed by atoms with van der Waals surface area (Å²) in [6, 6.07) is 6.89. The first-order chi connectivity index (χ1) is 10.1. The van der Waals surface area contributed by atoms with E-state index < -0.39 is 6.10 Å². The van der Waals surface area contributed by atoms with E-state index in [-0.39, 0.29) is 12.5 Å². The molecule has 2 rings (SSSR count). The summed E-state index contributed by atoms with van der Waals surface area (Å²) in [5.74, 6) is 0.716. The lowest BCUT2D eigenvalue weighted by Gasteiger charge is -2.10. The molecule has 6 heteroatoms. The number of aliphatic hydroxyl groups excluding tert-OH is 1. The maximum absolute atomic E-state index is 11.9. The molecule has 1 amide bonds. The van der Waals surface area contributed by atoms with Gasteiger partial charge in [-0.3, -0.25) is 4.79 Å². The van der Waals surface area contributed by atoms with Crippen molar-refractivity contribution in [3.63, 3.8) is 0 Å². The van der Waals surface area contributed by atoms with Crippen LogP contribution in [0.1, 0.15) is 36.0 Å². The number of benzene rings is 1. The topological polar surface area (TPSA) is 88.2 Å². The normalized spacial score (nSPS) is 12.1. The van der Waals surface area contributed by atoms with Gasteiger partial charge in [0.1, 0.15) is 0 Å². The standard InChI is InChI=1S/C15H19N3O3/c1-3-4-13(19)9-16-14(20)11-5-7-12(8-6-11)15-18-17-10(2)21-15/h5-8,13,19H,3-4,9H2,1-2H3,(H,16,20). The zero-order valence-corrected chi connectivity index (χ0v) is 12.2. The third-order valence-corrected chi connectivity index (χ3v) is 3.04. The van der Waals surface area contributed by atoms with Gasteiger partial charge in [-0.05, 0) is 30.7 Å². The maximum atomic E-state index is 11.9. The van der Waals surface area contributed by atoms with Crippen LogP contribution < -0.4 is 5.32 Å². The first kappa shape index (κ1) is 15.2. The van der Waals surface area contributed by atoms with Crippen molar-refractivity contribution in [1.29, 1.82) is 0 Å². The van der Waals surface area contributed by atoms with Crippen LogP contribution >= 0.6 is 0 Å². The second-order valence-corrected chi connectivity index (χ2v) is 4.86. The summed E-state index contributed by atoms with van der Waals surface area (Å²) < 4.78 is 5.32. The van der Waals surface area contributed by atoms with Crippen LogP contribution in [-0.2, 0) is 0 Å². The zero-order valence-electron chi connectivity index (χ0n) is 12.2. The molecule has 0 saturated heterocycles. The van der Waals surface area contributed by atoms with Gasteiger partial charge in [-0.2, -0.15) is 0 Å². The average Bonchev–Trinajstić information content (AvgIpc) is 2.92. The number of carbonyl (C=O) groups is 1. The van der Waals surface area contributed by atoms with E-state index in [1.807, 2.05) is 6.92 Å². The number of carbonyl (C=O) groups excluding carboxylic acids is 1. The van der Waals surface area contributed by atoms with Crippen molar-refractivity contribution in [3.05, 3.63) is 35.7 Å². The molecule has 0 bridgehead atoms. The predicted octanol–water partition coefficient (Wildman–Crippen LogP) is 1.94. The molecule has 1 atom stereocenters. The molecule has 0 radical (unpaired) electrons. The third kappa shape index (κ3) is 4.13. The average molecular weight is 289 g/mol. The van der Waals surface area contributed by atoms with Crippen LogP contribution in [-0.4, -0.2) is 33.9 Å². The second kappa shape index (κ2) is 6.99. The number of hydrogen-bond donors (Lipinski definition) is 2. The van der Waals surface area contributed by atoms with Gasteiger partial charge in [-0.25, -0.2) is 0 Å². The fourth-order valence-corrected chi connectivity index (χ4v) is 1.93. The Morgan fingerprint density at radius 3 is 2.62 bits per heavy atom. The van der Waals surface area contributed by atoms with Crippen molar-refractivity contribution in [2.45, 2.75) is 32.8 Å². The Kier molecular flexibility index (Phi) is 5.05. The summed E-state index contributed by atoms with van der Waals surface area (Å²) in [6.45, 7) is 3.97. The van der Waals surface area contributed by atoms with Crippen LogP contribution in [0, 0.1) is 6.92 Å². The number of aryl methyl sites for hydroxylation is 1. The monoisotopic (exact) mass is 289 g/mol. The van der Waals surface area contributed by atoms with Crippen molar-refractivity contribution in [1.82, 2.24) is 15.5 Å². The first-order valence-corrected chi connectivity index (χ1v) is 6.97. The SMILES string of the molecule is CCCC(O)CNC(=O)c1ccc(-c2nnc(C)o2)cc1. The predicted molar refractivity (Wildman–Crippen MR) is 77.7 cm³/mol. The van der Waals surface area contributed by atoms with E-state index in [1.54, 1.807) is 31.2 Å². The van der Waals surface area contributed by atoms with Gasteiger partial charge >= 0.3 is 0 Å². The van der Waals surface area contributed by atoms with E-state index in [2.05, 4.69) is 15.5 Å². The molecular formula is C15H19N3O3. The number of aliphatic hydroxyl groups is 1. The molecule has 2 N–H and O–H groups in total. The number of nitrogens with one attached hydrogen (secondary N) is 1. The minimum Gasteiger partial charge on any atom is -0.421 e. The molecular weight excluding hydrogens is 270 g/mol. The molecule has 2 aromatic rings. The van der Waals surface area contributed by atoms with E-state index in [0.29, 0.717) is 23.8 Å². The van der Waals surface area contributed by atoms with Gasteiger partial charge < -0.3 is 14.8 Å². The Hall–Kier alpha value is -2.21. The molecule has 1 aromatic heterocycles. The van der Waals surface area contributed by atoms with E-state index in [0.717, 1.165) is 12.0 Å². The highest BCUT2D eigenvalue weighted by Crippen LogP contribution is 2.18. The molecule has 1 unspecified atom stereocenters. The van der Waals surface area contributed by atoms with Gasteiger partial charge in [-0.15, -0.1) is 10.2 Å². The van der Waals surface area contributed by atoms with Gasteiger partial charge in [0.2, 0.25) is 11.8 Å². The Morgan fingerprint density at radius 2 is 2.05 bits per heavy atom. The summed E-state index contributed by atoms with van der Waals surface area (Å²) in [4.78, 5) is 11.9. The molecule has 0 aliphatic heterocycles. The van der Waals surface area contributed by atoms with E-state index in [1.165, 1.54) is 0 Å². The van der Waals surface area contributed by atoms with Crippen molar-refractivity contribution >= 4 is 5.91 Å². The first-order valence-electron chi connectivity index (χ1n) is 6.97. The number of rotatable bonds is 6. The van der Waals surface area contributed by atoms with Gasteiger partial charge in [-0.1, -0.05) is 13.3 Å². The minimum atomic E-state index is -0.500. The smallest absolute Gasteiger partial charge is 0.251 e. The van der Waals surface area contributed by atoms with Gasteiger partial charge in [0.15, 0.2) is 0 Å². The Balaban J connectivity index is 1.97. The lowest BCUT2D eigenvalue weighted by atomic mass is 10.1. The molecule has 1 aromatic carbocycles. The van der Waals surface area contributed by atoms with Crippen molar-refractivity contribution in [2.24, 2.45) is 0 Å². The highest BCUT2D eigenvalue weighted by Gasteiger charge is 2.10. The molecule has 1 heterocycles. The van der Waals surface area contributed by atoms with E-state index >= 15 is 0 Å². The van der Waals surface area contributed by atoms with Crippen LogP contribution in [0.3, 0.4) is 0 Å². The number of nitrogens with zero attached hydrogens (tertiary/aromatic N) is 2. The quantitative estimate of drug-likeness (QED) is 0.848. The maximum Gasteiger partial charge on any atom is 0.251 e. The summed E-state index contributed by atoms with van der Waals surface area (Å²) in [5, 5.41) is 20.0. The number of amides is 1. The van der Waals surface area contributed by atoms with Crippen LogP contribution in [0.15, 0.2) is 28.7 Å². The fourth-order valence-electron chi connectivity index (χ4n) is 1.93. The molecule has 6 nitrogen and oxygen atoms in total. The van der Waals surface area contributed by atoms with Crippen LogP contribution in [0.4, 0.5) is 0 Å². The highest BCUT2D eigenvalue weighted by molar-refractivity contribution is 5.94. The molecule has 0 aliphatic carbocycles. The van der Waals surface area contributed by atoms with Crippen molar-refractivity contribution < 1.29 is 14.3 Å². The van der Waals surface area contributed by atoms with Crippen molar-refractivity contribution in [2.75, 3.05) is 6.54 Å². The molecule has 0 saturated carbocycles. The van der Waals surface area contributed by atoms with E-state index in [9.17, 15) is 9.90 Å². The molecule has 0 spiro atoms. The lowest BCUT2D eigenvalue weighted by Crippen LogP contribution is -2.31. The highest BCUT2D eigenvalue weighted by atomic mass is 16.4. The largest absolute Gasteiger partial charge is 0.421 e. The number of hydrogen-bond acceptors (Lipinski definition) is 5. The molecule has 112 valence electrons. The Bertz CT molecular complexity index is 592. The van der Waals surface area contributed by atoms with Crippen molar-refractivity contribution in [3.8, 4) is 11.5 Å². The van der Waals surface area contributed by atoms with Crippen LogP contribution in [0.2, 0.25) is 0 Å². The fraction of sp³-hybridized carbons (Fsp3) is 0.400. The number of aromatic nitrogens is 2. The lowest BCUT2D eigenvalue weighted by molar-refractivity contribution is 0.0910. The van der Waals surface area contributed by atoms with Gasteiger partial charge in [0.25, 0.3) is 5.91 Å². The summed E-state index contributed by atoms with van der Waals surface area (Å²) in [7, 11) is 0. The molecule has 0 aliphatic rings. The van der Waals surface area contributed by atoms with Gasteiger partial charge in [0.05, 0.1) is 6.10 Å². The summed E-state index contributed by atoms with van der Waals surface area (Å²) in [6.07, 6.45) is 1.06. The van der Waals surface area contributed by atoms with Gasteiger partial charge in [0, 0.05) is 24.6 Å².